The lowest BCUT2D eigenvalue weighted by molar-refractivity contribution is 0.0746. The minimum Gasteiger partial charge on any atom is -0.467 e. The molecule has 6 nitrogen and oxygen atoms in total. The summed E-state index contributed by atoms with van der Waals surface area (Å²) in [6, 6.07) is 13.8. The van der Waals surface area contributed by atoms with Crippen LogP contribution in [0.4, 0.5) is 15.9 Å². The van der Waals surface area contributed by atoms with Crippen molar-refractivity contribution in [2.45, 2.75) is 6.54 Å². The number of carbonyl (C=O) groups is 1. The summed E-state index contributed by atoms with van der Waals surface area (Å²) in [6.07, 6.45) is 3.22. The molecule has 7 heteroatoms. The number of benzene rings is 1. The number of hydrogen-bond acceptors (Lipinski definition) is 5. The summed E-state index contributed by atoms with van der Waals surface area (Å²) in [5.74, 6) is 1.24. The zero-order valence-electron chi connectivity index (χ0n) is 15.3. The van der Waals surface area contributed by atoms with Gasteiger partial charge >= 0.3 is 0 Å². The van der Waals surface area contributed by atoms with Gasteiger partial charge in [-0.05, 0) is 48.5 Å². The number of rotatable bonds is 5. The van der Waals surface area contributed by atoms with E-state index >= 15 is 0 Å². The van der Waals surface area contributed by atoms with Gasteiger partial charge in [-0.15, -0.1) is 0 Å². The first kappa shape index (κ1) is 18.0. The molecule has 4 rings (SSSR count). The molecule has 144 valence electrons. The Labute approximate surface area is 162 Å². The number of halogens is 1. The van der Waals surface area contributed by atoms with E-state index in [-0.39, 0.29) is 11.7 Å². The van der Waals surface area contributed by atoms with Gasteiger partial charge in [-0.2, -0.15) is 0 Å². The molecule has 2 aromatic heterocycles. The topological polar surface area (TPSA) is 61.6 Å². The molecule has 3 aromatic rings. The predicted molar refractivity (Wildman–Crippen MR) is 105 cm³/mol. The number of nitrogens with one attached hydrogen (secondary N) is 1. The molecule has 1 saturated heterocycles. The van der Waals surface area contributed by atoms with Gasteiger partial charge in [0.2, 0.25) is 0 Å². The zero-order chi connectivity index (χ0) is 19.3. The van der Waals surface area contributed by atoms with Crippen LogP contribution in [0.1, 0.15) is 16.1 Å². The Morgan fingerprint density at radius 2 is 1.86 bits per heavy atom. The van der Waals surface area contributed by atoms with Crippen LogP contribution in [-0.4, -0.2) is 42.0 Å². The second-order valence-corrected chi connectivity index (χ2v) is 6.62. The summed E-state index contributed by atoms with van der Waals surface area (Å²) in [6.45, 7) is 3.21. The fourth-order valence-corrected chi connectivity index (χ4v) is 3.22. The highest BCUT2D eigenvalue weighted by Crippen LogP contribution is 2.18. The molecule has 1 aromatic carbocycles. The van der Waals surface area contributed by atoms with Gasteiger partial charge in [-0.25, -0.2) is 9.37 Å². The van der Waals surface area contributed by atoms with Gasteiger partial charge < -0.3 is 19.5 Å². The van der Waals surface area contributed by atoms with Crippen molar-refractivity contribution in [1.29, 1.82) is 0 Å². The van der Waals surface area contributed by atoms with E-state index < -0.39 is 0 Å². The second-order valence-electron chi connectivity index (χ2n) is 6.62. The summed E-state index contributed by atoms with van der Waals surface area (Å²) in [4.78, 5) is 21.0. The van der Waals surface area contributed by atoms with E-state index in [1.54, 1.807) is 36.7 Å². The van der Waals surface area contributed by atoms with Gasteiger partial charge in [0.15, 0.2) is 0 Å². The minimum absolute atomic E-state index is 0.0242. The molecule has 1 aliphatic heterocycles. The Kier molecular flexibility index (Phi) is 5.23. The number of nitrogens with zero attached hydrogens (tertiary/aromatic N) is 3. The van der Waals surface area contributed by atoms with E-state index in [1.165, 1.54) is 12.1 Å². The minimum atomic E-state index is -0.243. The Morgan fingerprint density at radius 3 is 2.50 bits per heavy atom. The Morgan fingerprint density at radius 1 is 1.07 bits per heavy atom. The molecular formula is C21H21FN4O2. The van der Waals surface area contributed by atoms with Crippen molar-refractivity contribution < 1.29 is 13.6 Å². The Balaban J connectivity index is 1.31. The largest absolute Gasteiger partial charge is 0.467 e. The van der Waals surface area contributed by atoms with E-state index in [1.807, 2.05) is 17.0 Å². The van der Waals surface area contributed by atoms with Crippen molar-refractivity contribution in [3.8, 4) is 0 Å². The van der Waals surface area contributed by atoms with Crippen LogP contribution in [0.3, 0.4) is 0 Å². The normalized spacial score (nSPS) is 14.2. The maximum absolute atomic E-state index is 13.1. The fraction of sp³-hybridized carbons (Fsp3) is 0.238. The van der Waals surface area contributed by atoms with Gasteiger partial charge in [0.05, 0.1) is 18.4 Å². The number of carbonyl (C=O) groups excluding carboxylic acids is 1. The number of hydrogen-bond donors (Lipinski definition) is 1. The average Bonchev–Trinajstić information content (AvgIpc) is 3.27. The summed E-state index contributed by atoms with van der Waals surface area (Å²) in [5, 5.41) is 3.16. The third-order valence-corrected chi connectivity index (χ3v) is 4.79. The van der Waals surface area contributed by atoms with E-state index in [0.717, 1.165) is 11.4 Å². The molecule has 28 heavy (non-hydrogen) atoms. The third kappa shape index (κ3) is 4.14. The van der Waals surface area contributed by atoms with Crippen LogP contribution in [0.5, 0.6) is 0 Å². The van der Waals surface area contributed by atoms with Crippen LogP contribution in [-0.2, 0) is 6.54 Å². The molecule has 0 unspecified atom stereocenters. The number of piperazine rings is 1. The van der Waals surface area contributed by atoms with Crippen molar-refractivity contribution in [3.05, 3.63) is 78.1 Å². The van der Waals surface area contributed by atoms with Gasteiger partial charge in [0.25, 0.3) is 5.91 Å². The Bertz CT molecular complexity index is 903. The second kappa shape index (κ2) is 8.12. The molecule has 0 bridgehead atoms. The van der Waals surface area contributed by atoms with Crippen LogP contribution >= 0.6 is 0 Å². The Hall–Kier alpha value is -3.35. The van der Waals surface area contributed by atoms with Crippen molar-refractivity contribution in [1.82, 2.24) is 9.88 Å². The first-order valence-corrected chi connectivity index (χ1v) is 9.21. The fourth-order valence-electron chi connectivity index (χ4n) is 3.22. The quantitative estimate of drug-likeness (QED) is 0.735. The molecular weight excluding hydrogens is 359 g/mol. The van der Waals surface area contributed by atoms with Crippen molar-refractivity contribution in [2.75, 3.05) is 36.4 Å². The smallest absolute Gasteiger partial charge is 0.255 e. The predicted octanol–water partition coefficient (Wildman–Crippen LogP) is 3.39. The van der Waals surface area contributed by atoms with Gasteiger partial charge in [0, 0.05) is 38.1 Å². The van der Waals surface area contributed by atoms with Crippen molar-refractivity contribution in [3.63, 3.8) is 0 Å². The van der Waals surface area contributed by atoms with Crippen molar-refractivity contribution >= 4 is 17.4 Å². The molecule has 1 aliphatic rings. The molecule has 0 atom stereocenters. The lowest BCUT2D eigenvalue weighted by Gasteiger charge is -2.36. The van der Waals surface area contributed by atoms with Gasteiger partial charge in [0.1, 0.15) is 17.4 Å². The lowest BCUT2D eigenvalue weighted by Crippen LogP contribution is -2.48. The average molecular weight is 380 g/mol. The summed E-state index contributed by atoms with van der Waals surface area (Å²) < 4.78 is 18.3. The SMILES string of the molecule is O=C(c1ccc(NCc2ccco2)nc1)N1CCN(c2ccc(F)cc2)CC1. The number of anilines is 2. The molecule has 0 radical (unpaired) electrons. The molecule has 0 spiro atoms. The van der Waals surface area contributed by atoms with Crippen LogP contribution in [0.2, 0.25) is 0 Å². The number of pyridine rings is 1. The molecule has 1 amide bonds. The van der Waals surface area contributed by atoms with Crippen molar-refractivity contribution in [2.24, 2.45) is 0 Å². The molecule has 3 heterocycles. The highest BCUT2D eigenvalue weighted by atomic mass is 19.1. The first-order chi connectivity index (χ1) is 13.7. The molecule has 1 N–H and O–H groups in total. The number of aromatic nitrogens is 1. The maximum Gasteiger partial charge on any atom is 0.255 e. The number of amides is 1. The highest BCUT2D eigenvalue weighted by Gasteiger charge is 2.22. The number of furan rings is 1. The monoisotopic (exact) mass is 380 g/mol. The lowest BCUT2D eigenvalue weighted by atomic mass is 10.2. The maximum atomic E-state index is 13.1. The van der Waals surface area contributed by atoms with Crippen LogP contribution in [0, 0.1) is 5.82 Å². The van der Waals surface area contributed by atoms with Crippen LogP contribution < -0.4 is 10.2 Å². The summed E-state index contributed by atoms with van der Waals surface area (Å²) in [5.41, 5.74) is 1.54. The van der Waals surface area contributed by atoms with E-state index in [9.17, 15) is 9.18 Å². The van der Waals surface area contributed by atoms with E-state index in [2.05, 4.69) is 15.2 Å². The standard InChI is InChI=1S/C21H21FN4O2/c22-17-4-6-18(7-5-17)25-9-11-26(12-10-25)21(27)16-3-8-20(23-14-16)24-15-19-2-1-13-28-19/h1-8,13-14H,9-12,15H2,(H,23,24). The molecule has 0 saturated carbocycles. The highest BCUT2D eigenvalue weighted by molar-refractivity contribution is 5.94. The van der Waals surface area contributed by atoms with Gasteiger partial charge in [-0.1, -0.05) is 0 Å². The third-order valence-electron chi connectivity index (χ3n) is 4.79. The molecule has 0 aliphatic carbocycles. The summed E-state index contributed by atoms with van der Waals surface area (Å²) >= 11 is 0. The van der Waals surface area contributed by atoms with Crippen LogP contribution in [0.25, 0.3) is 0 Å². The first-order valence-electron chi connectivity index (χ1n) is 9.21. The van der Waals surface area contributed by atoms with Gasteiger partial charge in [-0.3, -0.25) is 4.79 Å². The van der Waals surface area contributed by atoms with E-state index in [0.29, 0.717) is 44.1 Å². The van der Waals surface area contributed by atoms with E-state index in [4.69, 9.17) is 4.42 Å². The summed E-state index contributed by atoms with van der Waals surface area (Å²) in [7, 11) is 0. The molecule has 1 fully saturated rings. The zero-order valence-corrected chi connectivity index (χ0v) is 15.3. The van der Waals surface area contributed by atoms with Crippen LogP contribution in [0.15, 0.2) is 65.4 Å².